The third-order valence-electron chi connectivity index (χ3n) is 5.67. The van der Waals surface area contributed by atoms with E-state index < -0.39 is 24.8 Å². The van der Waals surface area contributed by atoms with Crippen LogP contribution in [0, 0.1) is 0 Å². The van der Waals surface area contributed by atoms with E-state index in [2.05, 4.69) is 0 Å². The summed E-state index contributed by atoms with van der Waals surface area (Å²) in [6.07, 6.45) is -0.471. The molecule has 0 fully saturated rings. The zero-order valence-electron chi connectivity index (χ0n) is 20.1. The third-order valence-corrected chi connectivity index (χ3v) is 5.67. The van der Waals surface area contributed by atoms with Gasteiger partial charge in [0.15, 0.2) is 5.76 Å². The zero-order chi connectivity index (χ0) is 24.3. The topological polar surface area (TPSA) is 55.4 Å². The molecule has 0 saturated carbocycles. The van der Waals surface area contributed by atoms with Gasteiger partial charge in [-0.2, -0.15) is 0 Å². The lowest BCUT2D eigenvalue weighted by atomic mass is 10.1. The van der Waals surface area contributed by atoms with E-state index >= 15 is 0 Å². The lowest BCUT2D eigenvalue weighted by Gasteiger charge is -2.37. The largest absolute Gasteiger partial charge is 0.461 e. The number of hydrogen-bond acceptors (Lipinski definition) is 6. The SMILES string of the molecule is CO[C@@H](OCc1ccccc1)C1=C[C@H](OCc2ccccc2)[C@@H](OCc2ccccc2)[C@@H](OC)O1. The van der Waals surface area contributed by atoms with Crippen molar-refractivity contribution in [3.63, 3.8) is 0 Å². The van der Waals surface area contributed by atoms with Gasteiger partial charge in [0.2, 0.25) is 12.6 Å². The number of ether oxygens (including phenoxy) is 6. The molecule has 3 aromatic carbocycles. The van der Waals surface area contributed by atoms with E-state index in [1.165, 1.54) is 0 Å². The van der Waals surface area contributed by atoms with E-state index in [0.29, 0.717) is 25.6 Å². The second-order valence-corrected chi connectivity index (χ2v) is 8.18. The maximum absolute atomic E-state index is 6.32. The number of hydrogen-bond donors (Lipinski definition) is 0. The lowest BCUT2D eigenvalue weighted by Crippen LogP contribution is -2.47. The van der Waals surface area contributed by atoms with Gasteiger partial charge in [-0.1, -0.05) is 91.0 Å². The summed E-state index contributed by atoms with van der Waals surface area (Å²) in [5, 5.41) is 0. The van der Waals surface area contributed by atoms with Crippen LogP contribution in [0.15, 0.2) is 103 Å². The van der Waals surface area contributed by atoms with Gasteiger partial charge >= 0.3 is 0 Å². The Hall–Kier alpha value is -3.00. The molecule has 4 rings (SSSR count). The van der Waals surface area contributed by atoms with Crippen molar-refractivity contribution in [2.45, 2.75) is 44.6 Å². The van der Waals surface area contributed by atoms with Crippen LogP contribution in [0.5, 0.6) is 0 Å². The molecule has 0 bridgehead atoms. The fourth-order valence-corrected chi connectivity index (χ4v) is 3.83. The molecule has 35 heavy (non-hydrogen) atoms. The van der Waals surface area contributed by atoms with Crippen LogP contribution >= 0.6 is 0 Å². The Morgan fingerprint density at radius 1 is 0.686 bits per heavy atom. The van der Waals surface area contributed by atoms with Gasteiger partial charge in [-0.05, 0) is 22.8 Å². The molecule has 0 amide bonds. The monoisotopic (exact) mass is 476 g/mol. The Bertz CT molecular complexity index is 1020. The Morgan fingerprint density at radius 3 is 1.71 bits per heavy atom. The van der Waals surface area contributed by atoms with Gasteiger partial charge in [0.05, 0.1) is 19.8 Å². The van der Waals surface area contributed by atoms with Crippen LogP contribution < -0.4 is 0 Å². The van der Waals surface area contributed by atoms with Gasteiger partial charge in [-0.15, -0.1) is 0 Å². The summed E-state index contributed by atoms with van der Waals surface area (Å²) >= 11 is 0. The molecule has 0 aromatic heterocycles. The Morgan fingerprint density at radius 2 is 1.20 bits per heavy atom. The molecule has 0 aliphatic carbocycles. The highest BCUT2D eigenvalue weighted by atomic mass is 16.7. The van der Waals surface area contributed by atoms with E-state index in [4.69, 9.17) is 28.4 Å². The first-order chi connectivity index (χ1) is 17.3. The van der Waals surface area contributed by atoms with E-state index in [-0.39, 0.29) is 0 Å². The summed E-state index contributed by atoms with van der Waals surface area (Å²) < 4.78 is 36.0. The first-order valence-electron chi connectivity index (χ1n) is 11.7. The number of benzene rings is 3. The molecule has 0 unspecified atom stereocenters. The van der Waals surface area contributed by atoms with Gasteiger partial charge in [-0.3, -0.25) is 0 Å². The fraction of sp³-hybridized carbons (Fsp3) is 0.310. The molecule has 0 N–H and O–H groups in total. The predicted molar refractivity (Wildman–Crippen MR) is 132 cm³/mol. The van der Waals surface area contributed by atoms with Crippen LogP contribution in [0.4, 0.5) is 0 Å². The highest BCUT2D eigenvalue weighted by Crippen LogP contribution is 2.28. The first-order valence-corrected chi connectivity index (χ1v) is 11.7. The van der Waals surface area contributed by atoms with Crippen LogP contribution in [0.25, 0.3) is 0 Å². The molecule has 1 heterocycles. The third kappa shape index (κ3) is 7.24. The van der Waals surface area contributed by atoms with Crippen molar-refractivity contribution in [2.75, 3.05) is 14.2 Å². The smallest absolute Gasteiger partial charge is 0.228 e. The number of methoxy groups -OCH3 is 2. The summed E-state index contributed by atoms with van der Waals surface area (Å²) in [7, 11) is 3.17. The van der Waals surface area contributed by atoms with Crippen LogP contribution in [0.2, 0.25) is 0 Å². The molecule has 6 heteroatoms. The van der Waals surface area contributed by atoms with Gasteiger partial charge in [0.25, 0.3) is 0 Å². The van der Waals surface area contributed by atoms with Crippen LogP contribution in [0.3, 0.4) is 0 Å². The van der Waals surface area contributed by atoms with Crippen molar-refractivity contribution in [1.29, 1.82) is 0 Å². The summed E-state index contributed by atoms with van der Waals surface area (Å²) in [6, 6.07) is 29.9. The molecule has 3 aromatic rings. The molecule has 1 aliphatic rings. The normalized spacial score (nSPS) is 20.6. The van der Waals surface area contributed by atoms with Crippen molar-refractivity contribution in [1.82, 2.24) is 0 Å². The first kappa shape index (κ1) is 25.1. The minimum atomic E-state index is -0.717. The molecule has 0 saturated heterocycles. The van der Waals surface area contributed by atoms with Crippen molar-refractivity contribution >= 4 is 0 Å². The molecule has 184 valence electrons. The van der Waals surface area contributed by atoms with E-state index in [1.807, 2.05) is 97.1 Å². The predicted octanol–water partition coefficient (Wildman–Crippen LogP) is 5.23. The molecular formula is C29H32O6. The Balaban J connectivity index is 1.51. The summed E-state index contributed by atoms with van der Waals surface area (Å²) in [5.74, 6) is 0.493. The van der Waals surface area contributed by atoms with Gasteiger partial charge in [0, 0.05) is 14.2 Å². The summed E-state index contributed by atoms with van der Waals surface area (Å²) in [5.41, 5.74) is 3.16. The average molecular weight is 477 g/mol. The molecule has 1 aliphatic heterocycles. The fourth-order valence-electron chi connectivity index (χ4n) is 3.83. The lowest BCUT2D eigenvalue weighted by molar-refractivity contribution is -0.241. The highest BCUT2D eigenvalue weighted by molar-refractivity contribution is 5.17. The summed E-state index contributed by atoms with van der Waals surface area (Å²) in [4.78, 5) is 0. The molecule has 0 radical (unpaired) electrons. The van der Waals surface area contributed by atoms with Crippen LogP contribution in [-0.4, -0.2) is 39.0 Å². The molecule has 4 atom stereocenters. The summed E-state index contributed by atoms with van der Waals surface area (Å²) in [6.45, 7) is 1.20. The van der Waals surface area contributed by atoms with Crippen molar-refractivity contribution in [2.24, 2.45) is 0 Å². The zero-order valence-corrected chi connectivity index (χ0v) is 20.1. The quantitative estimate of drug-likeness (QED) is 0.334. The number of rotatable bonds is 12. The minimum absolute atomic E-state index is 0.376. The van der Waals surface area contributed by atoms with Gasteiger partial charge in [-0.25, -0.2) is 0 Å². The van der Waals surface area contributed by atoms with Gasteiger partial charge < -0.3 is 28.4 Å². The second kappa shape index (κ2) is 13.2. The molecular weight excluding hydrogens is 444 g/mol. The van der Waals surface area contributed by atoms with E-state index in [1.54, 1.807) is 14.2 Å². The van der Waals surface area contributed by atoms with Crippen LogP contribution in [-0.2, 0) is 48.2 Å². The maximum Gasteiger partial charge on any atom is 0.228 e. The van der Waals surface area contributed by atoms with Crippen molar-refractivity contribution in [3.8, 4) is 0 Å². The standard InChI is InChI=1S/C29H32O6/c1-30-28(34-21-24-16-10-5-11-17-24)26-18-25(32-19-22-12-6-3-7-13-22)27(29(31-2)35-26)33-20-23-14-8-4-9-15-23/h3-18,25,27-29H,19-21H2,1-2H3/t25-,27+,28-,29-/m0/s1. The van der Waals surface area contributed by atoms with Crippen molar-refractivity contribution < 1.29 is 28.4 Å². The Labute approximate surface area is 207 Å². The minimum Gasteiger partial charge on any atom is -0.461 e. The van der Waals surface area contributed by atoms with Crippen molar-refractivity contribution in [3.05, 3.63) is 120 Å². The van der Waals surface area contributed by atoms with E-state index in [0.717, 1.165) is 16.7 Å². The highest BCUT2D eigenvalue weighted by Gasteiger charge is 2.39. The second-order valence-electron chi connectivity index (χ2n) is 8.18. The maximum atomic E-state index is 6.32. The van der Waals surface area contributed by atoms with E-state index in [9.17, 15) is 0 Å². The van der Waals surface area contributed by atoms with Gasteiger partial charge in [0.1, 0.15) is 12.2 Å². The molecule has 0 spiro atoms. The van der Waals surface area contributed by atoms with Crippen LogP contribution in [0.1, 0.15) is 16.7 Å². The Kier molecular flexibility index (Phi) is 9.46. The average Bonchev–Trinajstić information content (AvgIpc) is 2.93. The molecule has 6 nitrogen and oxygen atoms in total.